The van der Waals surface area contributed by atoms with Crippen molar-refractivity contribution in [3.05, 3.63) is 30.1 Å². The average Bonchev–Trinajstić information content (AvgIpc) is 3.05. The van der Waals surface area contributed by atoms with Gasteiger partial charge in [0.05, 0.1) is 11.8 Å². The zero-order valence-corrected chi connectivity index (χ0v) is 15.2. The minimum Gasteiger partial charge on any atom is -0.334 e. The van der Waals surface area contributed by atoms with E-state index in [0.717, 1.165) is 25.2 Å². The fourth-order valence-electron chi connectivity index (χ4n) is 2.76. The van der Waals surface area contributed by atoms with Crippen LogP contribution in [-0.4, -0.2) is 55.9 Å². The van der Waals surface area contributed by atoms with E-state index in [1.54, 1.807) is 24.3 Å². The highest BCUT2D eigenvalue weighted by atomic mass is 32.2. The number of rotatable bonds is 6. The Balaban J connectivity index is 1.72. The minimum atomic E-state index is -3.29. The third-order valence-corrected chi connectivity index (χ3v) is 5.62. The van der Waals surface area contributed by atoms with Crippen molar-refractivity contribution in [1.82, 2.24) is 20.4 Å². The van der Waals surface area contributed by atoms with Crippen molar-refractivity contribution in [2.45, 2.75) is 19.4 Å². The van der Waals surface area contributed by atoms with E-state index in [1.165, 1.54) is 0 Å². The van der Waals surface area contributed by atoms with E-state index in [1.807, 2.05) is 14.0 Å². The smallest absolute Gasteiger partial charge is 0.257 e. The number of hydrogen-bond acceptors (Lipinski definition) is 7. The molecular formula is C16H23N5O3S. The van der Waals surface area contributed by atoms with Gasteiger partial charge in [-0.1, -0.05) is 12.1 Å². The number of hydrogen-bond donors (Lipinski definition) is 2. The molecule has 8 nitrogen and oxygen atoms in total. The number of benzene rings is 1. The van der Waals surface area contributed by atoms with E-state index in [4.69, 9.17) is 4.52 Å². The van der Waals surface area contributed by atoms with Crippen molar-refractivity contribution in [3.63, 3.8) is 0 Å². The van der Waals surface area contributed by atoms with Gasteiger partial charge in [0.2, 0.25) is 10.0 Å². The molecule has 1 saturated heterocycles. The number of anilines is 1. The normalized spacial score (nSPS) is 19.0. The Morgan fingerprint density at radius 1 is 1.36 bits per heavy atom. The summed E-state index contributed by atoms with van der Waals surface area (Å²) < 4.78 is 31.5. The maximum atomic E-state index is 11.8. The predicted molar refractivity (Wildman–Crippen MR) is 95.7 cm³/mol. The second kappa shape index (κ2) is 7.51. The third-order valence-electron chi connectivity index (χ3n) is 4.13. The largest absolute Gasteiger partial charge is 0.334 e. The lowest BCUT2D eigenvalue weighted by Crippen LogP contribution is -2.44. The molecule has 2 N–H and O–H groups in total. The number of sulfonamides is 1. The Morgan fingerprint density at radius 2 is 2.12 bits per heavy atom. The fourth-order valence-corrected chi connectivity index (χ4v) is 3.90. The summed E-state index contributed by atoms with van der Waals surface area (Å²) in [6.45, 7) is 4.50. The van der Waals surface area contributed by atoms with Crippen LogP contribution >= 0.6 is 0 Å². The van der Waals surface area contributed by atoms with Gasteiger partial charge in [0.25, 0.3) is 5.89 Å². The van der Waals surface area contributed by atoms with E-state index < -0.39 is 10.0 Å². The summed E-state index contributed by atoms with van der Waals surface area (Å²) in [5.41, 5.74) is 1.27. The van der Waals surface area contributed by atoms with Crippen LogP contribution in [0.2, 0.25) is 0 Å². The van der Waals surface area contributed by atoms with Crippen LogP contribution in [0.25, 0.3) is 11.5 Å². The highest BCUT2D eigenvalue weighted by Gasteiger charge is 2.25. The molecule has 1 aromatic carbocycles. The average molecular weight is 365 g/mol. The molecule has 9 heteroatoms. The van der Waals surface area contributed by atoms with Crippen molar-refractivity contribution < 1.29 is 12.9 Å². The lowest BCUT2D eigenvalue weighted by Gasteiger charge is -2.30. The number of likely N-dealkylation sites (N-methyl/N-ethyl adjacent to an activating group) is 1. The molecule has 0 saturated carbocycles. The van der Waals surface area contributed by atoms with Gasteiger partial charge in [-0.25, -0.2) is 8.42 Å². The van der Waals surface area contributed by atoms with Crippen LogP contribution < -0.4 is 10.0 Å². The molecule has 0 bridgehead atoms. The molecule has 3 rings (SSSR count). The summed E-state index contributed by atoms with van der Waals surface area (Å²) in [4.78, 5) is 6.68. The van der Waals surface area contributed by atoms with Gasteiger partial charge in [-0.15, -0.1) is 0 Å². The Hall–Kier alpha value is -1.97. The molecule has 1 unspecified atom stereocenters. The second-order valence-corrected chi connectivity index (χ2v) is 8.00. The first-order valence-electron chi connectivity index (χ1n) is 8.34. The minimum absolute atomic E-state index is 0.0892. The van der Waals surface area contributed by atoms with Crippen LogP contribution in [0, 0.1) is 0 Å². The lowest BCUT2D eigenvalue weighted by molar-refractivity contribution is 0.190. The van der Waals surface area contributed by atoms with Gasteiger partial charge in [-0.3, -0.25) is 9.62 Å². The summed E-state index contributed by atoms with van der Waals surface area (Å²) in [5, 5.41) is 7.42. The Morgan fingerprint density at radius 3 is 2.80 bits per heavy atom. The zero-order valence-electron chi connectivity index (χ0n) is 14.4. The Kier molecular flexibility index (Phi) is 5.36. The molecule has 2 heterocycles. The number of nitrogens with one attached hydrogen (secondary N) is 2. The molecule has 1 fully saturated rings. The van der Waals surface area contributed by atoms with Crippen molar-refractivity contribution >= 4 is 15.7 Å². The van der Waals surface area contributed by atoms with E-state index in [2.05, 4.69) is 25.1 Å². The van der Waals surface area contributed by atoms with Crippen molar-refractivity contribution in [1.29, 1.82) is 0 Å². The van der Waals surface area contributed by atoms with E-state index in [-0.39, 0.29) is 11.8 Å². The van der Waals surface area contributed by atoms with Crippen molar-refractivity contribution in [2.75, 3.05) is 37.2 Å². The highest BCUT2D eigenvalue weighted by molar-refractivity contribution is 7.92. The van der Waals surface area contributed by atoms with Crippen LogP contribution in [0.5, 0.6) is 0 Å². The van der Waals surface area contributed by atoms with Gasteiger partial charge in [0, 0.05) is 30.9 Å². The molecular weight excluding hydrogens is 342 g/mol. The molecule has 1 aliphatic rings. The predicted octanol–water partition coefficient (Wildman–Crippen LogP) is 1.46. The van der Waals surface area contributed by atoms with Crippen LogP contribution in [0.3, 0.4) is 0 Å². The molecule has 0 aliphatic carbocycles. The molecule has 1 atom stereocenters. The van der Waals surface area contributed by atoms with Gasteiger partial charge in [-0.05, 0) is 37.7 Å². The molecule has 0 amide bonds. The summed E-state index contributed by atoms with van der Waals surface area (Å²) in [5.74, 6) is 1.18. The number of piperazine rings is 1. The van der Waals surface area contributed by atoms with Gasteiger partial charge in [-0.2, -0.15) is 4.98 Å². The molecule has 1 aliphatic heterocycles. The van der Waals surface area contributed by atoms with E-state index in [9.17, 15) is 8.42 Å². The molecule has 136 valence electrons. The lowest BCUT2D eigenvalue weighted by atomic mass is 10.2. The van der Waals surface area contributed by atoms with Gasteiger partial charge < -0.3 is 9.84 Å². The van der Waals surface area contributed by atoms with Gasteiger partial charge in [0.15, 0.2) is 5.82 Å². The Bertz CT molecular complexity index is 803. The fraction of sp³-hybridized carbons (Fsp3) is 0.500. The summed E-state index contributed by atoms with van der Waals surface area (Å²) in [6.07, 6.45) is 0.572. The zero-order chi connectivity index (χ0) is 17.9. The first kappa shape index (κ1) is 17.8. The maximum absolute atomic E-state index is 11.8. The molecule has 0 radical (unpaired) electrons. The van der Waals surface area contributed by atoms with Gasteiger partial charge >= 0.3 is 0 Å². The van der Waals surface area contributed by atoms with Crippen LogP contribution in [-0.2, 0) is 10.0 Å². The SMILES string of the molecule is CCCS(=O)(=O)Nc1ccc(-c2nc(C3CNCCN3C)no2)cc1. The summed E-state index contributed by atoms with van der Waals surface area (Å²) >= 11 is 0. The quantitative estimate of drug-likeness (QED) is 0.799. The van der Waals surface area contributed by atoms with E-state index in [0.29, 0.717) is 23.8 Å². The van der Waals surface area contributed by atoms with Crippen LogP contribution in [0.1, 0.15) is 25.2 Å². The van der Waals surface area contributed by atoms with Crippen LogP contribution in [0.15, 0.2) is 28.8 Å². The molecule has 25 heavy (non-hydrogen) atoms. The monoisotopic (exact) mass is 365 g/mol. The third kappa shape index (κ3) is 4.36. The molecule has 2 aromatic rings. The number of aromatic nitrogens is 2. The topological polar surface area (TPSA) is 100 Å². The second-order valence-electron chi connectivity index (χ2n) is 6.16. The Labute approximate surface area is 147 Å². The van der Waals surface area contributed by atoms with Crippen molar-refractivity contribution in [3.8, 4) is 11.5 Å². The maximum Gasteiger partial charge on any atom is 0.257 e. The molecule has 1 aromatic heterocycles. The standard InChI is InChI=1S/C16H23N5O3S/c1-3-10-25(22,23)20-13-6-4-12(5-7-13)16-18-15(19-24-16)14-11-17-8-9-21(14)2/h4-7,14,17,20H,3,8-11H2,1-2H3. The van der Waals surface area contributed by atoms with Gasteiger partial charge in [0.1, 0.15) is 0 Å². The van der Waals surface area contributed by atoms with E-state index >= 15 is 0 Å². The van der Waals surface area contributed by atoms with Crippen LogP contribution in [0.4, 0.5) is 5.69 Å². The highest BCUT2D eigenvalue weighted by Crippen LogP contribution is 2.24. The van der Waals surface area contributed by atoms with Crippen molar-refractivity contribution in [2.24, 2.45) is 0 Å². The first-order valence-corrected chi connectivity index (χ1v) is 9.99. The summed E-state index contributed by atoms with van der Waals surface area (Å²) in [6, 6.07) is 7.02. The first-order chi connectivity index (χ1) is 12.0. The molecule has 0 spiro atoms. The summed E-state index contributed by atoms with van der Waals surface area (Å²) in [7, 11) is -1.25. The number of nitrogens with zero attached hydrogens (tertiary/aromatic N) is 3.